The van der Waals surface area contributed by atoms with Crippen molar-refractivity contribution in [3.8, 4) is 16.2 Å². The average molecular weight is 531 g/mol. The Bertz CT molecular complexity index is 1570. The molecular weight excluding hydrogens is 502 g/mol. The number of aromatic amines is 1. The van der Waals surface area contributed by atoms with Crippen LogP contribution in [0.3, 0.4) is 0 Å². The number of aromatic nitrogens is 3. The summed E-state index contributed by atoms with van der Waals surface area (Å²) in [4.78, 5) is 32.7. The summed E-state index contributed by atoms with van der Waals surface area (Å²) >= 11 is 0.987. The molecule has 8 nitrogen and oxygen atoms in total. The highest BCUT2D eigenvalue weighted by molar-refractivity contribution is 7.16. The number of carbonyl (C=O) groups is 1. The number of aryl methyl sites for hydroxylation is 2. The Labute approximate surface area is 215 Å². The van der Waals surface area contributed by atoms with E-state index < -0.39 is 23.3 Å². The van der Waals surface area contributed by atoms with E-state index >= 15 is 4.39 Å². The Hall–Kier alpha value is -3.57. The van der Waals surface area contributed by atoms with Crippen molar-refractivity contribution < 1.29 is 23.4 Å². The molecule has 0 aromatic carbocycles. The topological polar surface area (TPSA) is 109 Å². The molecule has 3 N–H and O–H groups in total. The number of hydrogen-bond acceptors (Lipinski definition) is 6. The van der Waals surface area contributed by atoms with Gasteiger partial charge in [-0.15, -0.1) is 11.3 Å². The normalized spacial score (nSPS) is 12.7. The van der Waals surface area contributed by atoms with Crippen LogP contribution in [0.25, 0.3) is 21.3 Å². The SMILES string of the molecule is CCNC(=O)c1cc2c(-c3sc(C(C)(C)O)c(F)c3OC(C)c3ncc(F)cc3C)cn(C)c(=O)c2[nH]1. The van der Waals surface area contributed by atoms with E-state index in [0.29, 0.717) is 33.6 Å². The number of rotatable bonds is 7. The zero-order valence-electron chi connectivity index (χ0n) is 21.3. The summed E-state index contributed by atoms with van der Waals surface area (Å²) in [6, 6.07) is 2.85. The van der Waals surface area contributed by atoms with E-state index in [1.165, 1.54) is 30.5 Å². The van der Waals surface area contributed by atoms with Crippen molar-refractivity contribution >= 4 is 28.1 Å². The minimum atomic E-state index is -1.53. The van der Waals surface area contributed by atoms with Gasteiger partial charge in [0.25, 0.3) is 11.5 Å². The quantitative estimate of drug-likeness (QED) is 0.321. The van der Waals surface area contributed by atoms with Crippen LogP contribution < -0.4 is 15.6 Å². The Balaban J connectivity index is 1.94. The Morgan fingerprint density at radius 2 is 2.05 bits per heavy atom. The number of carbonyl (C=O) groups excluding carboxylic acids is 1. The molecule has 196 valence electrons. The summed E-state index contributed by atoms with van der Waals surface area (Å²) in [5.74, 6) is -1.77. The molecule has 0 aliphatic heterocycles. The molecule has 0 fully saturated rings. The number of aliphatic hydroxyl groups is 1. The molecule has 0 spiro atoms. The van der Waals surface area contributed by atoms with E-state index in [2.05, 4.69) is 15.3 Å². The summed E-state index contributed by atoms with van der Waals surface area (Å²) in [7, 11) is 1.55. The van der Waals surface area contributed by atoms with Gasteiger partial charge in [-0.1, -0.05) is 0 Å². The van der Waals surface area contributed by atoms with Crippen molar-refractivity contribution in [2.24, 2.45) is 7.05 Å². The minimum Gasteiger partial charge on any atom is -0.480 e. The van der Waals surface area contributed by atoms with Crippen molar-refractivity contribution in [3.05, 3.63) is 68.3 Å². The number of nitrogens with one attached hydrogen (secondary N) is 2. The highest BCUT2D eigenvalue weighted by Crippen LogP contribution is 2.48. The number of H-pyrrole nitrogens is 1. The van der Waals surface area contributed by atoms with Gasteiger partial charge < -0.3 is 24.7 Å². The first-order valence-corrected chi connectivity index (χ1v) is 12.5. The van der Waals surface area contributed by atoms with Crippen LogP contribution >= 0.6 is 11.3 Å². The number of pyridine rings is 2. The lowest BCUT2D eigenvalue weighted by molar-refractivity contribution is 0.0778. The van der Waals surface area contributed by atoms with Gasteiger partial charge in [-0.25, -0.2) is 8.78 Å². The second-order valence-electron chi connectivity index (χ2n) is 9.37. The minimum absolute atomic E-state index is 0.0370. The number of thiophene rings is 1. The van der Waals surface area contributed by atoms with Crippen molar-refractivity contribution in [1.82, 2.24) is 19.9 Å². The fraction of sp³-hybridized carbons (Fsp3) is 0.346. The first-order valence-electron chi connectivity index (χ1n) is 11.7. The van der Waals surface area contributed by atoms with E-state index in [1.807, 2.05) is 0 Å². The summed E-state index contributed by atoms with van der Waals surface area (Å²) in [5.41, 5.74) is -0.131. The van der Waals surface area contributed by atoms with Gasteiger partial charge >= 0.3 is 0 Å². The zero-order valence-corrected chi connectivity index (χ0v) is 22.1. The van der Waals surface area contributed by atoms with Gasteiger partial charge in [-0.3, -0.25) is 14.6 Å². The van der Waals surface area contributed by atoms with Gasteiger partial charge in [0.2, 0.25) is 0 Å². The molecule has 37 heavy (non-hydrogen) atoms. The lowest BCUT2D eigenvalue weighted by atomic mass is 10.1. The molecule has 1 unspecified atom stereocenters. The van der Waals surface area contributed by atoms with Gasteiger partial charge in [0, 0.05) is 30.7 Å². The van der Waals surface area contributed by atoms with Crippen molar-refractivity contribution in [3.63, 3.8) is 0 Å². The van der Waals surface area contributed by atoms with Crippen LogP contribution in [-0.2, 0) is 12.6 Å². The van der Waals surface area contributed by atoms with Crippen LogP contribution in [0, 0.1) is 18.6 Å². The van der Waals surface area contributed by atoms with Gasteiger partial charge in [-0.2, -0.15) is 0 Å². The predicted molar refractivity (Wildman–Crippen MR) is 138 cm³/mol. The Morgan fingerprint density at radius 1 is 1.35 bits per heavy atom. The number of fused-ring (bicyclic) bond motifs is 1. The van der Waals surface area contributed by atoms with Crippen LogP contribution in [-0.4, -0.2) is 32.1 Å². The van der Waals surface area contributed by atoms with E-state index in [-0.39, 0.29) is 33.3 Å². The molecular formula is C26H28F2N4O4S. The van der Waals surface area contributed by atoms with Crippen LogP contribution in [0.5, 0.6) is 5.75 Å². The first kappa shape index (κ1) is 26.5. The lowest BCUT2D eigenvalue weighted by Gasteiger charge is -2.18. The van der Waals surface area contributed by atoms with Crippen molar-refractivity contribution in [1.29, 1.82) is 0 Å². The molecule has 11 heteroatoms. The lowest BCUT2D eigenvalue weighted by Crippen LogP contribution is -2.23. The van der Waals surface area contributed by atoms with Crippen molar-refractivity contribution in [2.45, 2.75) is 46.3 Å². The maximum atomic E-state index is 15.8. The van der Waals surface area contributed by atoms with Crippen molar-refractivity contribution in [2.75, 3.05) is 6.54 Å². The molecule has 1 amide bonds. The van der Waals surface area contributed by atoms with Crippen LogP contribution in [0.15, 0.2) is 29.3 Å². The number of nitrogens with zero attached hydrogens (tertiary/aromatic N) is 2. The highest BCUT2D eigenvalue weighted by Gasteiger charge is 2.32. The van der Waals surface area contributed by atoms with Gasteiger partial charge in [0.1, 0.15) is 23.1 Å². The fourth-order valence-corrected chi connectivity index (χ4v) is 5.31. The molecule has 0 aliphatic carbocycles. The van der Waals surface area contributed by atoms with Gasteiger partial charge in [-0.05, 0) is 52.3 Å². The van der Waals surface area contributed by atoms with Crippen LogP contribution in [0.4, 0.5) is 8.78 Å². The molecule has 4 aromatic heterocycles. The molecule has 0 aliphatic rings. The standard InChI is InChI=1S/C26H28F2N4O4S/c1-7-29-24(33)17-9-15-16(11-32(6)25(34)20(15)31-17)22-21(18(28)23(37-22)26(4,5)35)36-13(3)19-12(2)8-14(27)10-30-19/h8-11,13,31,35H,7H2,1-6H3,(H,29,33). The van der Waals surface area contributed by atoms with E-state index in [1.54, 1.807) is 34.0 Å². The molecule has 4 heterocycles. The first-order chi connectivity index (χ1) is 17.3. The summed E-state index contributed by atoms with van der Waals surface area (Å²) in [6.07, 6.45) is 1.84. The molecule has 0 radical (unpaired) electrons. The Kier molecular flexibility index (Phi) is 6.95. The van der Waals surface area contributed by atoms with Gasteiger partial charge in [0.15, 0.2) is 11.6 Å². The third-order valence-corrected chi connectivity index (χ3v) is 7.41. The smallest absolute Gasteiger partial charge is 0.274 e. The predicted octanol–water partition coefficient (Wildman–Crippen LogP) is 4.69. The zero-order chi connectivity index (χ0) is 27.2. The second-order valence-corrected chi connectivity index (χ2v) is 10.4. The maximum absolute atomic E-state index is 15.8. The maximum Gasteiger partial charge on any atom is 0.274 e. The monoisotopic (exact) mass is 530 g/mol. The second kappa shape index (κ2) is 9.71. The molecule has 0 saturated heterocycles. The van der Waals surface area contributed by atoms with Crippen LogP contribution in [0.1, 0.15) is 60.4 Å². The van der Waals surface area contributed by atoms with E-state index in [0.717, 1.165) is 17.5 Å². The number of amides is 1. The summed E-state index contributed by atoms with van der Waals surface area (Å²) in [6.45, 7) is 8.45. The number of halogens is 2. The van der Waals surface area contributed by atoms with E-state index in [9.17, 15) is 19.1 Å². The number of hydrogen-bond donors (Lipinski definition) is 3. The molecule has 4 rings (SSSR count). The Morgan fingerprint density at radius 3 is 2.68 bits per heavy atom. The fourth-order valence-electron chi connectivity index (χ4n) is 4.17. The number of ether oxygens (including phenoxy) is 1. The molecule has 1 atom stereocenters. The highest BCUT2D eigenvalue weighted by atomic mass is 32.1. The summed E-state index contributed by atoms with van der Waals surface area (Å²) < 4.78 is 36.8. The van der Waals surface area contributed by atoms with Gasteiger partial charge in [0.05, 0.1) is 27.2 Å². The molecule has 0 saturated carbocycles. The van der Waals surface area contributed by atoms with E-state index in [4.69, 9.17) is 4.74 Å². The summed E-state index contributed by atoms with van der Waals surface area (Å²) in [5, 5.41) is 13.8. The molecule has 0 bridgehead atoms. The largest absolute Gasteiger partial charge is 0.480 e. The molecule has 4 aromatic rings. The average Bonchev–Trinajstić information content (AvgIpc) is 3.39. The van der Waals surface area contributed by atoms with Crippen LogP contribution in [0.2, 0.25) is 0 Å². The third-order valence-electron chi connectivity index (χ3n) is 5.92. The third kappa shape index (κ3) is 4.88.